The Morgan fingerprint density at radius 1 is 1.14 bits per heavy atom. The molecule has 1 amide bonds. The van der Waals surface area contributed by atoms with E-state index in [-0.39, 0.29) is 12.0 Å². The smallest absolute Gasteiger partial charge is 0.236 e. The average Bonchev–Trinajstić information content (AvgIpc) is 2.19. The molecule has 4 heteroatoms. The minimum Gasteiger partial charge on any atom is -0.373 e. The molecule has 0 radical (unpaired) electrons. The number of ether oxygens (including phenoxy) is 1. The fourth-order valence-corrected chi connectivity index (χ4v) is 2.16. The van der Waals surface area contributed by atoms with Crippen molar-refractivity contribution in [3.63, 3.8) is 0 Å². The molecule has 0 aromatic carbocycles. The van der Waals surface area contributed by atoms with Gasteiger partial charge in [-0.3, -0.25) is 10.2 Å². The van der Waals surface area contributed by atoms with Crippen molar-refractivity contribution >= 4 is 5.91 Å². The van der Waals surface area contributed by atoms with Crippen molar-refractivity contribution in [2.24, 2.45) is 0 Å². The highest BCUT2D eigenvalue weighted by molar-refractivity contribution is 5.76. The van der Waals surface area contributed by atoms with E-state index in [1.807, 2.05) is 0 Å². The number of nitrogens with one attached hydrogen (secondary N) is 2. The molecule has 1 aliphatic carbocycles. The van der Waals surface area contributed by atoms with Crippen LogP contribution in [0.2, 0.25) is 0 Å². The summed E-state index contributed by atoms with van der Waals surface area (Å²) in [5.41, 5.74) is 5.43. The third-order valence-electron chi connectivity index (χ3n) is 2.91. The molecule has 80 valence electrons. The summed E-state index contributed by atoms with van der Waals surface area (Å²) in [5.74, 6) is 0.0389. The number of carbonyl (C=O) groups excluding carboxylic acids is 1. The first kappa shape index (κ1) is 9.93. The van der Waals surface area contributed by atoms with Crippen LogP contribution in [0, 0.1) is 0 Å². The quantitative estimate of drug-likeness (QED) is 0.687. The molecule has 1 atom stereocenters. The molecule has 2 N–H and O–H groups in total. The van der Waals surface area contributed by atoms with Gasteiger partial charge in [0, 0.05) is 6.54 Å². The van der Waals surface area contributed by atoms with Gasteiger partial charge in [-0.25, -0.2) is 5.43 Å². The van der Waals surface area contributed by atoms with E-state index in [2.05, 4.69) is 10.9 Å². The molecule has 0 aromatic heterocycles. The molecule has 0 spiro atoms. The lowest BCUT2D eigenvalue weighted by atomic mass is 9.97. The number of hydrogen-bond acceptors (Lipinski definition) is 3. The molecule has 1 heterocycles. The molecule has 1 saturated carbocycles. The Hall–Kier alpha value is -0.610. The molecule has 0 aromatic rings. The topological polar surface area (TPSA) is 50.4 Å². The molecule has 2 aliphatic rings. The summed E-state index contributed by atoms with van der Waals surface area (Å²) < 4.78 is 5.88. The van der Waals surface area contributed by atoms with E-state index in [0.717, 1.165) is 19.4 Å². The molecule has 0 bridgehead atoms. The van der Waals surface area contributed by atoms with Crippen LogP contribution in [0.25, 0.3) is 0 Å². The Bertz CT molecular complexity index is 202. The molecule has 14 heavy (non-hydrogen) atoms. The summed E-state index contributed by atoms with van der Waals surface area (Å²) in [4.78, 5) is 11.1. The Morgan fingerprint density at radius 3 is 2.64 bits per heavy atom. The maximum atomic E-state index is 11.1. The number of hydrogen-bond donors (Lipinski definition) is 2. The van der Waals surface area contributed by atoms with Crippen LogP contribution >= 0.6 is 0 Å². The molecule has 2 rings (SSSR count). The first-order chi connectivity index (χ1) is 6.84. The summed E-state index contributed by atoms with van der Waals surface area (Å²) in [5, 5.41) is 0. The zero-order chi connectivity index (χ0) is 9.80. The molecule has 1 unspecified atom stereocenters. The average molecular weight is 198 g/mol. The van der Waals surface area contributed by atoms with Gasteiger partial charge >= 0.3 is 0 Å². The second-order valence-electron chi connectivity index (χ2n) is 4.15. The van der Waals surface area contributed by atoms with Gasteiger partial charge in [0.1, 0.15) is 0 Å². The maximum absolute atomic E-state index is 11.1. The van der Waals surface area contributed by atoms with E-state index < -0.39 is 0 Å². The Kier molecular flexibility index (Phi) is 3.37. The van der Waals surface area contributed by atoms with Crippen LogP contribution in [0.3, 0.4) is 0 Å². The summed E-state index contributed by atoms with van der Waals surface area (Å²) in [6.45, 7) is 0.738. The van der Waals surface area contributed by atoms with Crippen molar-refractivity contribution in [3.8, 4) is 0 Å². The normalized spacial score (nSPS) is 30.0. The second kappa shape index (κ2) is 4.75. The highest BCUT2D eigenvalue weighted by atomic mass is 16.5. The number of hydrazine groups is 1. The van der Waals surface area contributed by atoms with Gasteiger partial charge in [-0.1, -0.05) is 19.3 Å². The van der Waals surface area contributed by atoms with Crippen LogP contribution in [0.15, 0.2) is 0 Å². The third kappa shape index (κ3) is 2.69. The predicted molar refractivity (Wildman–Crippen MR) is 52.5 cm³/mol. The van der Waals surface area contributed by atoms with Gasteiger partial charge in [-0.15, -0.1) is 0 Å². The second-order valence-corrected chi connectivity index (χ2v) is 4.15. The molecule has 1 saturated heterocycles. The monoisotopic (exact) mass is 198 g/mol. The molecule has 4 nitrogen and oxygen atoms in total. The van der Waals surface area contributed by atoms with Crippen LogP contribution < -0.4 is 10.9 Å². The number of amides is 1. The van der Waals surface area contributed by atoms with E-state index in [4.69, 9.17) is 4.74 Å². The van der Waals surface area contributed by atoms with Gasteiger partial charge < -0.3 is 4.74 Å². The van der Waals surface area contributed by atoms with E-state index in [0.29, 0.717) is 12.5 Å². The Morgan fingerprint density at radius 2 is 1.93 bits per heavy atom. The van der Waals surface area contributed by atoms with Gasteiger partial charge in [0.05, 0.1) is 18.6 Å². The van der Waals surface area contributed by atoms with Crippen molar-refractivity contribution in [1.29, 1.82) is 0 Å². The predicted octanol–water partition coefficient (Wildman–Crippen LogP) is 0.729. The van der Waals surface area contributed by atoms with Crippen molar-refractivity contribution in [2.45, 2.75) is 50.7 Å². The fourth-order valence-electron chi connectivity index (χ4n) is 2.16. The minimum atomic E-state index is 0.0389. The van der Waals surface area contributed by atoms with Crippen molar-refractivity contribution in [1.82, 2.24) is 10.9 Å². The van der Waals surface area contributed by atoms with Crippen molar-refractivity contribution < 1.29 is 9.53 Å². The summed E-state index contributed by atoms with van der Waals surface area (Å²) >= 11 is 0. The third-order valence-corrected chi connectivity index (χ3v) is 2.91. The first-order valence-corrected chi connectivity index (χ1v) is 5.52. The lowest BCUT2D eigenvalue weighted by molar-refractivity contribution is -0.130. The van der Waals surface area contributed by atoms with Crippen LogP contribution in [0.4, 0.5) is 0 Å². The standard InChI is InChI=1S/C10H18N2O2/c13-10-6-9(7-11-12-10)14-8-4-2-1-3-5-8/h8-9,11H,1-7H2,(H,12,13). The summed E-state index contributed by atoms with van der Waals surface area (Å²) in [7, 11) is 0. The molecular formula is C10H18N2O2. The van der Waals surface area contributed by atoms with Crippen LogP contribution in [0.1, 0.15) is 38.5 Å². The zero-order valence-corrected chi connectivity index (χ0v) is 8.42. The van der Waals surface area contributed by atoms with Gasteiger partial charge in [0.15, 0.2) is 0 Å². The highest BCUT2D eigenvalue weighted by Gasteiger charge is 2.23. The van der Waals surface area contributed by atoms with Gasteiger partial charge in [-0.05, 0) is 12.8 Å². The van der Waals surface area contributed by atoms with E-state index in [1.165, 1.54) is 19.3 Å². The van der Waals surface area contributed by atoms with Gasteiger partial charge in [0.2, 0.25) is 5.91 Å². The van der Waals surface area contributed by atoms with Crippen LogP contribution in [-0.4, -0.2) is 24.7 Å². The van der Waals surface area contributed by atoms with Gasteiger partial charge in [0.25, 0.3) is 0 Å². The Balaban J connectivity index is 1.75. The minimum absolute atomic E-state index is 0.0389. The van der Waals surface area contributed by atoms with E-state index in [9.17, 15) is 4.79 Å². The SMILES string of the molecule is O=C1CC(OC2CCCCC2)CNN1. The Labute approximate surface area is 84.4 Å². The molecule has 2 fully saturated rings. The highest BCUT2D eigenvalue weighted by Crippen LogP contribution is 2.22. The van der Waals surface area contributed by atoms with Gasteiger partial charge in [-0.2, -0.15) is 0 Å². The first-order valence-electron chi connectivity index (χ1n) is 5.52. The maximum Gasteiger partial charge on any atom is 0.236 e. The van der Waals surface area contributed by atoms with Crippen molar-refractivity contribution in [3.05, 3.63) is 0 Å². The largest absolute Gasteiger partial charge is 0.373 e. The van der Waals surface area contributed by atoms with Crippen molar-refractivity contribution in [2.75, 3.05) is 6.54 Å². The number of rotatable bonds is 2. The zero-order valence-electron chi connectivity index (χ0n) is 8.42. The lowest BCUT2D eigenvalue weighted by Gasteiger charge is -2.29. The summed E-state index contributed by atoms with van der Waals surface area (Å²) in [6, 6.07) is 0. The van der Waals surface area contributed by atoms with E-state index >= 15 is 0 Å². The number of carbonyl (C=O) groups is 1. The lowest BCUT2D eigenvalue weighted by Crippen LogP contribution is -2.50. The molecule has 1 aliphatic heterocycles. The van der Waals surface area contributed by atoms with Crippen LogP contribution in [0.5, 0.6) is 0 Å². The fraction of sp³-hybridized carbons (Fsp3) is 0.900. The molecular weight excluding hydrogens is 180 g/mol. The summed E-state index contributed by atoms with van der Waals surface area (Å²) in [6.07, 6.45) is 7.19. The van der Waals surface area contributed by atoms with Crippen LogP contribution in [-0.2, 0) is 9.53 Å². The van der Waals surface area contributed by atoms with E-state index in [1.54, 1.807) is 0 Å².